The Morgan fingerprint density at radius 2 is 1.90 bits per heavy atom. The average molecular weight is 330 g/mol. The number of nitrogens with one attached hydrogen (secondary N) is 2. The zero-order chi connectivity index (χ0) is 15.2. The molecule has 0 bridgehead atoms. The van der Waals surface area contributed by atoms with E-state index in [0.29, 0.717) is 21.9 Å². The van der Waals surface area contributed by atoms with E-state index >= 15 is 0 Å². The van der Waals surface area contributed by atoms with E-state index in [-0.39, 0.29) is 0 Å². The maximum absolute atomic E-state index is 6.29. The molecule has 1 fully saturated rings. The number of rotatable bonds is 5. The van der Waals surface area contributed by atoms with Crippen LogP contribution in [0.25, 0.3) is 0 Å². The summed E-state index contributed by atoms with van der Waals surface area (Å²) in [5, 5.41) is 7.93. The van der Waals surface area contributed by atoms with Gasteiger partial charge in [0.25, 0.3) is 0 Å². The second-order valence-corrected chi connectivity index (χ2v) is 6.85. The summed E-state index contributed by atoms with van der Waals surface area (Å²) in [6.07, 6.45) is 7.25. The third-order valence-electron chi connectivity index (χ3n) is 4.07. The molecule has 2 atom stereocenters. The van der Waals surface area contributed by atoms with Crippen LogP contribution in [-0.4, -0.2) is 17.6 Å². The Hall–Kier alpha value is -0.670. The van der Waals surface area contributed by atoms with Gasteiger partial charge in [0.05, 0.1) is 10.0 Å². The van der Waals surface area contributed by atoms with Gasteiger partial charge < -0.3 is 10.6 Å². The van der Waals surface area contributed by atoms with E-state index in [9.17, 15) is 0 Å². The van der Waals surface area contributed by atoms with Crippen molar-refractivity contribution >= 4 is 34.8 Å². The van der Waals surface area contributed by atoms with Crippen LogP contribution in [0.1, 0.15) is 52.4 Å². The molecule has 0 amide bonds. The van der Waals surface area contributed by atoms with Crippen molar-refractivity contribution in [3.05, 3.63) is 16.1 Å². The van der Waals surface area contributed by atoms with Gasteiger partial charge in [-0.05, 0) is 37.7 Å². The van der Waals surface area contributed by atoms with Crippen molar-refractivity contribution in [2.24, 2.45) is 5.92 Å². The van der Waals surface area contributed by atoms with Gasteiger partial charge in [0, 0.05) is 12.6 Å². The molecule has 1 aliphatic rings. The summed E-state index contributed by atoms with van der Waals surface area (Å²) in [7, 11) is 0. The quantitative estimate of drug-likeness (QED) is 0.691. The molecule has 2 unspecified atom stereocenters. The molecule has 0 saturated heterocycles. The van der Waals surface area contributed by atoms with Crippen LogP contribution in [0.3, 0.4) is 0 Å². The van der Waals surface area contributed by atoms with Crippen molar-refractivity contribution in [2.75, 3.05) is 17.2 Å². The Morgan fingerprint density at radius 3 is 2.67 bits per heavy atom. The predicted octanol–water partition coefficient (Wildman–Crippen LogP) is 5.59. The number of hydrogen-bond acceptors (Lipinski definition) is 3. The third-order valence-corrected chi connectivity index (χ3v) is 4.65. The van der Waals surface area contributed by atoms with E-state index in [0.717, 1.165) is 24.7 Å². The topological polar surface area (TPSA) is 37.0 Å². The van der Waals surface area contributed by atoms with Crippen LogP contribution in [0, 0.1) is 5.92 Å². The van der Waals surface area contributed by atoms with Gasteiger partial charge in [-0.15, -0.1) is 0 Å². The number of pyridine rings is 1. The van der Waals surface area contributed by atoms with Crippen LogP contribution in [0.4, 0.5) is 11.6 Å². The van der Waals surface area contributed by atoms with Crippen molar-refractivity contribution < 1.29 is 0 Å². The van der Waals surface area contributed by atoms with Gasteiger partial charge in [0.1, 0.15) is 11.6 Å². The smallest absolute Gasteiger partial charge is 0.147 e. The van der Waals surface area contributed by atoms with Gasteiger partial charge in [-0.1, -0.05) is 49.9 Å². The molecule has 2 N–H and O–H groups in total. The van der Waals surface area contributed by atoms with Crippen molar-refractivity contribution in [2.45, 2.75) is 58.4 Å². The minimum Gasteiger partial charge on any atom is -0.369 e. The van der Waals surface area contributed by atoms with Gasteiger partial charge >= 0.3 is 0 Å². The Labute approximate surface area is 137 Å². The van der Waals surface area contributed by atoms with E-state index in [2.05, 4.69) is 29.5 Å². The normalized spacial score (nSPS) is 22.7. The van der Waals surface area contributed by atoms with Crippen molar-refractivity contribution in [3.63, 3.8) is 0 Å². The lowest BCUT2D eigenvalue weighted by atomic mass is 10.0. The summed E-state index contributed by atoms with van der Waals surface area (Å²) in [6, 6.07) is 2.23. The van der Waals surface area contributed by atoms with Crippen molar-refractivity contribution in [3.8, 4) is 0 Å². The molecule has 0 aromatic carbocycles. The van der Waals surface area contributed by atoms with E-state index in [1.54, 1.807) is 6.07 Å². The fourth-order valence-corrected chi connectivity index (χ4v) is 3.24. The fraction of sp³-hybridized carbons (Fsp3) is 0.688. The maximum atomic E-state index is 6.29. The molecule has 0 radical (unpaired) electrons. The highest BCUT2D eigenvalue weighted by Crippen LogP contribution is 2.31. The zero-order valence-electron chi connectivity index (χ0n) is 12.9. The summed E-state index contributed by atoms with van der Waals surface area (Å²) in [4.78, 5) is 4.57. The van der Waals surface area contributed by atoms with Gasteiger partial charge in [-0.3, -0.25) is 0 Å². The second kappa shape index (κ2) is 8.09. The zero-order valence-corrected chi connectivity index (χ0v) is 14.4. The highest BCUT2D eigenvalue weighted by atomic mass is 35.5. The minimum atomic E-state index is 0.458. The number of hydrogen-bond donors (Lipinski definition) is 2. The van der Waals surface area contributed by atoms with E-state index in [1.165, 1.54) is 32.1 Å². The van der Waals surface area contributed by atoms with Gasteiger partial charge in [0.2, 0.25) is 0 Å². The molecule has 21 heavy (non-hydrogen) atoms. The van der Waals surface area contributed by atoms with Crippen LogP contribution in [0.2, 0.25) is 10.0 Å². The molecule has 2 rings (SSSR count). The molecule has 1 aliphatic carbocycles. The highest BCUT2D eigenvalue weighted by molar-refractivity contribution is 6.37. The summed E-state index contributed by atoms with van der Waals surface area (Å²) < 4.78 is 0. The Kier molecular flexibility index (Phi) is 6.43. The molecular formula is C16H25Cl2N3. The van der Waals surface area contributed by atoms with E-state index < -0.39 is 0 Å². The Balaban J connectivity index is 2.07. The monoisotopic (exact) mass is 329 g/mol. The van der Waals surface area contributed by atoms with Gasteiger partial charge in [0.15, 0.2) is 0 Å². The number of halogens is 2. The first-order valence-corrected chi connectivity index (χ1v) is 8.72. The summed E-state index contributed by atoms with van der Waals surface area (Å²) in [5.74, 6) is 2.29. The fourth-order valence-electron chi connectivity index (χ4n) is 2.76. The standard InChI is InChI=1S/C16H25Cl2N3/c1-3-9-19-15-13(17)10-14(18)16(21-15)20-12-6-4-5-11(2)7-8-12/h10-12H,3-9H2,1-2H3,(H2,19,20,21). The van der Waals surface area contributed by atoms with Crippen LogP contribution in [-0.2, 0) is 0 Å². The first-order chi connectivity index (χ1) is 10.1. The molecule has 0 spiro atoms. The first-order valence-electron chi connectivity index (χ1n) is 7.96. The van der Waals surface area contributed by atoms with E-state index in [1.807, 2.05) is 0 Å². The lowest BCUT2D eigenvalue weighted by molar-refractivity contribution is 0.502. The highest BCUT2D eigenvalue weighted by Gasteiger charge is 2.18. The summed E-state index contributed by atoms with van der Waals surface area (Å²) in [5.41, 5.74) is 0. The van der Waals surface area contributed by atoms with Crippen LogP contribution in [0.15, 0.2) is 6.07 Å². The lowest BCUT2D eigenvalue weighted by Gasteiger charge is -2.19. The number of anilines is 2. The third kappa shape index (κ3) is 4.93. The van der Waals surface area contributed by atoms with Crippen LogP contribution >= 0.6 is 23.2 Å². The molecular weight excluding hydrogens is 305 g/mol. The number of aromatic nitrogens is 1. The predicted molar refractivity (Wildman–Crippen MR) is 92.7 cm³/mol. The largest absolute Gasteiger partial charge is 0.369 e. The van der Waals surface area contributed by atoms with E-state index in [4.69, 9.17) is 23.2 Å². The molecule has 3 nitrogen and oxygen atoms in total. The first kappa shape index (κ1) is 16.7. The SMILES string of the molecule is CCCNc1nc(NC2CCCC(C)CC2)c(Cl)cc1Cl. The summed E-state index contributed by atoms with van der Waals surface area (Å²) >= 11 is 12.5. The van der Waals surface area contributed by atoms with Crippen molar-refractivity contribution in [1.29, 1.82) is 0 Å². The molecule has 1 saturated carbocycles. The Morgan fingerprint density at radius 1 is 1.14 bits per heavy atom. The number of nitrogens with zero attached hydrogens (tertiary/aromatic N) is 1. The Bertz CT molecular complexity index is 465. The molecule has 5 heteroatoms. The second-order valence-electron chi connectivity index (χ2n) is 6.03. The van der Waals surface area contributed by atoms with Crippen LogP contribution < -0.4 is 10.6 Å². The lowest BCUT2D eigenvalue weighted by Crippen LogP contribution is -2.20. The minimum absolute atomic E-state index is 0.458. The van der Waals surface area contributed by atoms with Gasteiger partial charge in [-0.2, -0.15) is 0 Å². The molecule has 1 aromatic heterocycles. The molecule has 118 valence electrons. The average Bonchev–Trinajstić information content (AvgIpc) is 2.65. The van der Waals surface area contributed by atoms with Crippen molar-refractivity contribution in [1.82, 2.24) is 4.98 Å². The summed E-state index contributed by atoms with van der Waals surface area (Å²) in [6.45, 7) is 5.31. The molecule has 1 aromatic rings. The maximum Gasteiger partial charge on any atom is 0.147 e. The molecule has 1 heterocycles. The van der Waals surface area contributed by atoms with Crippen LogP contribution in [0.5, 0.6) is 0 Å². The van der Waals surface area contributed by atoms with Gasteiger partial charge in [-0.25, -0.2) is 4.98 Å². The molecule has 0 aliphatic heterocycles.